The summed E-state index contributed by atoms with van der Waals surface area (Å²) >= 11 is 12.5. The van der Waals surface area contributed by atoms with Crippen molar-refractivity contribution in [3.05, 3.63) is 69.8 Å². The van der Waals surface area contributed by atoms with Gasteiger partial charge in [-0.3, -0.25) is 4.68 Å². The van der Waals surface area contributed by atoms with Crippen LogP contribution in [0.4, 0.5) is 0 Å². The Morgan fingerprint density at radius 3 is 2.57 bits per heavy atom. The molecule has 0 spiro atoms. The van der Waals surface area contributed by atoms with E-state index >= 15 is 0 Å². The Bertz CT molecular complexity index is 814. The van der Waals surface area contributed by atoms with Crippen LogP contribution in [-0.4, -0.2) is 9.78 Å². The van der Waals surface area contributed by atoms with Gasteiger partial charge in [-0.25, -0.2) is 0 Å². The summed E-state index contributed by atoms with van der Waals surface area (Å²) in [5.74, 6) is 0. The molecule has 0 unspecified atom stereocenters. The fraction of sp³-hybridized carbons (Fsp3) is 0.118. The van der Waals surface area contributed by atoms with Crippen LogP contribution in [0.15, 0.2) is 43.0 Å². The largest absolute Gasteiger partial charge is 0.260 e. The second kappa shape index (κ2) is 5.55. The molecular formula is C17H14Cl2N2. The molecule has 1 aromatic heterocycles. The lowest BCUT2D eigenvalue weighted by Gasteiger charge is -2.08. The van der Waals surface area contributed by atoms with Crippen molar-refractivity contribution in [1.82, 2.24) is 9.78 Å². The van der Waals surface area contributed by atoms with Gasteiger partial charge in [0.1, 0.15) is 0 Å². The van der Waals surface area contributed by atoms with Crippen LogP contribution >= 0.6 is 23.2 Å². The lowest BCUT2D eigenvalue weighted by molar-refractivity contribution is 0.703. The maximum Gasteiger partial charge on any atom is 0.0696 e. The summed E-state index contributed by atoms with van der Waals surface area (Å²) in [6, 6.07) is 11.7. The molecule has 106 valence electrons. The first-order valence-electron chi connectivity index (χ1n) is 6.62. The first kappa shape index (κ1) is 14.2. The second-order valence-electron chi connectivity index (χ2n) is 4.92. The van der Waals surface area contributed by atoms with Crippen LogP contribution in [0, 0.1) is 6.92 Å². The normalized spacial score (nSPS) is 11.0. The van der Waals surface area contributed by atoms with E-state index in [-0.39, 0.29) is 0 Å². The van der Waals surface area contributed by atoms with E-state index in [0.717, 1.165) is 27.7 Å². The number of benzene rings is 2. The van der Waals surface area contributed by atoms with Gasteiger partial charge >= 0.3 is 0 Å². The summed E-state index contributed by atoms with van der Waals surface area (Å²) in [6.07, 6.45) is 1.83. The Balaban J connectivity index is 2.14. The molecule has 2 nitrogen and oxygen atoms in total. The minimum Gasteiger partial charge on any atom is -0.260 e. The molecule has 2 aromatic carbocycles. The maximum atomic E-state index is 6.25. The van der Waals surface area contributed by atoms with Crippen molar-refractivity contribution in [3.63, 3.8) is 0 Å². The first-order valence-corrected chi connectivity index (χ1v) is 7.38. The number of rotatable bonds is 3. The highest BCUT2D eigenvalue weighted by Gasteiger charge is 2.11. The molecule has 0 bridgehead atoms. The molecule has 0 atom stereocenters. The summed E-state index contributed by atoms with van der Waals surface area (Å²) < 4.78 is 1.94. The third-order valence-corrected chi connectivity index (χ3v) is 4.27. The second-order valence-corrected chi connectivity index (χ2v) is 5.74. The number of hydrogen-bond acceptors (Lipinski definition) is 1. The first-order chi connectivity index (χ1) is 10.1. The van der Waals surface area contributed by atoms with E-state index in [1.165, 1.54) is 0 Å². The average molecular weight is 317 g/mol. The zero-order chi connectivity index (χ0) is 15.0. The van der Waals surface area contributed by atoms with Crippen LogP contribution in [0.1, 0.15) is 16.8 Å². The third-order valence-electron chi connectivity index (χ3n) is 3.57. The highest BCUT2D eigenvalue weighted by Crippen LogP contribution is 2.27. The van der Waals surface area contributed by atoms with Gasteiger partial charge in [-0.2, -0.15) is 5.10 Å². The quantitative estimate of drug-likeness (QED) is 0.637. The van der Waals surface area contributed by atoms with Crippen molar-refractivity contribution in [1.29, 1.82) is 0 Å². The van der Waals surface area contributed by atoms with E-state index in [1.807, 2.05) is 41.9 Å². The van der Waals surface area contributed by atoms with Crippen LogP contribution < -0.4 is 0 Å². The molecule has 0 saturated heterocycles. The molecule has 1 heterocycles. The summed E-state index contributed by atoms with van der Waals surface area (Å²) in [5, 5.41) is 7.05. The van der Waals surface area contributed by atoms with Gasteiger partial charge in [0.2, 0.25) is 0 Å². The van der Waals surface area contributed by atoms with Gasteiger partial charge < -0.3 is 0 Å². The molecule has 0 saturated carbocycles. The van der Waals surface area contributed by atoms with Crippen LogP contribution in [0.25, 0.3) is 17.0 Å². The zero-order valence-electron chi connectivity index (χ0n) is 11.6. The highest BCUT2D eigenvalue weighted by molar-refractivity contribution is 6.36. The fourth-order valence-electron chi connectivity index (χ4n) is 2.44. The van der Waals surface area contributed by atoms with Crippen LogP contribution in [0.2, 0.25) is 10.0 Å². The topological polar surface area (TPSA) is 17.8 Å². The molecule has 3 aromatic rings. The Morgan fingerprint density at radius 1 is 1.19 bits per heavy atom. The minimum atomic E-state index is 0.545. The molecule has 0 fully saturated rings. The Hall–Kier alpha value is -1.77. The predicted molar refractivity (Wildman–Crippen MR) is 90.1 cm³/mol. The van der Waals surface area contributed by atoms with Crippen molar-refractivity contribution in [3.8, 4) is 0 Å². The molecule has 0 N–H and O–H groups in total. The number of aryl methyl sites for hydroxylation is 1. The van der Waals surface area contributed by atoms with Gasteiger partial charge in [0.25, 0.3) is 0 Å². The molecule has 21 heavy (non-hydrogen) atoms. The smallest absolute Gasteiger partial charge is 0.0696 e. The summed E-state index contributed by atoms with van der Waals surface area (Å²) in [4.78, 5) is 0. The lowest BCUT2D eigenvalue weighted by Crippen LogP contribution is -2.03. The maximum absolute atomic E-state index is 6.25. The molecule has 4 heteroatoms. The van der Waals surface area contributed by atoms with Gasteiger partial charge in [-0.1, -0.05) is 54.1 Å². The molecular weight excluding hydrogens is 303 g/mol. The van der Waals surface area contributed by atoms with Gasteiger partial charge in [-0.15, -0.1) is 0 Å². The van der Waals surface area contributed by atoms with Gasteiger partial charge in [0, 0.05) is 21.0 Å². The number of hydrogen-bond donors (Lipinski definition) is 0. The van der Waals surface area contributed by atoms with Gasteiger partial charge in [-0.05, 0) is 30.7 Å². The van der Waals surface area contributed by atoms with Crippen LogP contribution in [0.3, 0.4) is 0 Å². The van der Waals surface area contributed by atoms with Gasteiger partial charge in [0.15, 0.2) is 0 Å². The van der Waals surface area contributed by atoms with Crippen molar-refractivity contribution >= 4 is 40.2 Å². The molecule has 0 aliphatic carbocycles. The van der Waals surface area contributed by atoms with Crippen molar-refractivity contribution in [2.24, 2.45) is 0 Å². The van der Waals surface area contributed by atoms with E-state index in [1.54, 1.807) is 0 Å². The summed E-state index contributed by atoms with van der Waals surface area (Å²) in [5.41, 5.74) is 3.99. The third kappa shape index (κ3) is 2.57. The van der Waals surface area contributed by atoms with E-state index in [2.05, 4.69) is 23.8 Å². The van der Waals surface area contributed by atoms with Crippen molar-refractivity contribution in [2.75, 3.05) is 0 Å². The Kier molecular flexibility index (Phi) is 3.75. The number of halogens is 2. The number of nitrogens with zero attached hydrogens (tertiary/aromatic N) is 2. The summed E-state index contributed by atoms with van der Waals surface area (Å²) in [7, 11) is 0. The Morgan fingerprint density at radius 2 is 1.90 bits per heavy atom. The zero-order valence-corrected chi connectivity index (χ0v) is 13.1. The minimum absolute atomic E-state index is 0.545. The molecule has 0 amide bonds. The SMILES string of the molecule is C=Cc1ccc2c(C)nn(Cc3c(Cl)cccc3Cl)c2c1. The monoisotopic (exact) mass is 316 g/mol. The fourth-order valence-corrected chi connectivity index (χ4v) is 2.95. The lowest BCUT2D eigenvalue weighted by atomic mass is 10.1. The highest BCUT2D eigenvalue weighted by atomic mass is 35.5. The van der Waals surface area contributed by atoms with Crippen LogP contribution in [-0.2, 0) is 6.54 Å². The van der Waals surface area contributed by atoms with E-state index < -0.39 is 0 Å². The van der Waals surface area contributed by atoms with E-state index in [0.29, 0.717) is 16.6 Å². The predicted octanol–water partition coefficient (Wildman–Crippen LogP) is 5.34. The van der Waals surface area contributed by atoms with Crippen molar-refractivity contribution < 1.29 is 0 Å². The number of fused-ring (bicyclic) bond motifs is 1. The van der Waals surface area contributed by atoms with Gasteiger partial charge in [0.05, 0.1) is 17.8 Å². The molecule has 3 rings (SSSR count). The van der Waals surface area contributed by atoms with E-state index in [4.69, 9.17) is 23.2 Å². The van der Waals surface area contributed by atoms with Crippen molar-refractivity contribution in [2.45, 2.75) is 13.5 Å². The molecule has 0 aliphatic rings. The Labute approximate surface area is 133 Å². The molecule has 0 radical (unpaired) electrons. The average Bonchev–Trinajstić information content (AvgIpc) is 2.79. The molecule has 0 aliphatic heterocycles. The van der Waals surface area contributed by atoms with Crippen LogP contribution in [0.5, 0.6) is 0 Å². The summed E-state index contributed by atoms with van der Waals surface area (Å²) in [6.45, 7) is 6.36. The van der Waals surface area contributed by atoms with E-state index in [9.17, 15) is 0 Å². The number of aromatic nitrogens is 2. The standard InChI is InChI=1S/C17H14Cl2N2/c1-3-12-7-8-13-11(2)20-21(17(13)9-12)10-14-15(18)5-4-6-16(14)19/h3-9H,1,10H2,2H3.